The van der Waals surface area contributed by atoms with Crippen LogP contribution >= 0.6 is 0 Å². The lowest BCUT2D eigenvalue weighted by Crippen LogP contribution is -2.32. The number of aromatic nitrogens is 1. The number of nitrogens with two attached hydrogens (primary N) is 1. The number of hydrogen-bond acceptors (Lipinski definition) is 4. The Labute approximate surface area is 75.7 Å². The third-order valence-electron chi connectivity index (χ3n) is 2.03. The van der Waals surface area contributed by atoms with Gasteiger partial charge in [0.1, 0.15) is 5.82 Å². The normalized spacial score (nSPS) is 18.2. The van der Waals surface area contributed by atoms with Gasteiger partial charge in [-0.1, -0.05) is 0 Å². The average Bonchev–Trinajstić information content (AvgIpc) is 2.22. The third-order valence-corrected chi connectivity index (χ3v) is 2.03. The predicted octanol–water partition coefficient (Wildman–Crippen LogP) is 1.02. The van der Waals surface area contributed by atoms with Gasteiger partial charge in [0.25, 0.3) is 0 Å². The maximum Gasteiger partial charge on any atom is 0.227 e. The Bertz CT molecular complexity index is 385. The molecule has 0 bridgehead atoms. The van der Waals surface area contributed by atoms with Crippen LogP contribution in [-0.2, 0) is 0 Å². The van der Waals surface area contributed by atoms with E-state index in [1.165, 1.54) is 0 Å². The Morgan fingerprint density at radius 3 is 2.85 bits per heavy atom. The molecule has 13 heavy (non-hydrogen) atoms. The van der Waals surface area contributed by atoms with Crippen LogP contribution < -0.4 is 10.5 Å². The fourth-order valence-corrected chi connectivity index (χ4v) is 1.32. The van der Waals surface area contributed by atoms with Crippen molar-refractivity contribution in [3.8, 4) is 5.88 Å². The fourth-order valence-electron chi connectivity index (χ4n) is 1.32. The monoisotopic (exact) mass is 178 g/mol. The standard InChI is InChI=1S/C9H10N2O2/c1-9(2)7(12)5-3-4-6(10)11-8(5)13-9/h3-4H,1-2H3,(H2,10,11). The average molecular weight is 178 g/mol. The number of carbonyl (C=O) groups is 1. The molecule has 0 amide bonds. The zero-order valence-electron chi connectivity index (χ0n) is 7.50. The summed E-state index contributed by atoms with van der Waals surface area (Å²) < 4.78 is 5.35. The van der Waals surface area contributed by atoms with Crippen molar-refractivity contribution in [2.45, 2.75) is 19.4 Å². The fraction of sp³-hybridized carbons (Fsp3) is 0.333. The number of Topliss-reactive ketones (excluding diaryl/α,β-unsaturated/α-hetero) is 1. The van der Waals surface area contributed by atoms with Crippen molar-refractivity contribution in [3.63, 3.8) is 0 Å². The first-order valence-corrected chi connectivity index (χ1v) is 4.01. The quantitative estimate of drug-likeness (QED) is 0.644. The molecule has 0 unspecified atom stereocenters. The SMILES string of the molecule is CC1(C)Oc2nc(N)ccc2C1=O. The lowest BCUT2D eigenvalue weighted by atomic mass is 10.0. The van der Waals surface area contributed by atoms with E-state index in [-0.39, 0.29) is 5.78 Å². The van der Waals surface area contributed by atoms with Gasteiger partial charge in [-0.05, 0) is 26.0 Å². The van der Waals surface area contributed by atoms with Gasteiger partial charge in [0, 0.05) is 0 Å². The summed E-state index contributed by atoms with van der Waals surface area (Å²) in [7, 11) is 0. The number of nitrogens with zero attached hydrogens (tertiary/aromatic N) is 1. The lowest BCUT2D eigenvalue weighted by molar-refractivity contribution is 0.0675. The van der Waals surface area contributed by atoms with Crippen LogP contribution in [0.1, 0.15) is 24.2 Å². The van der Waals surface area contributed by atoms with Crippen molar-refractivity contribution in [2.75, 3.05) is 5.73 Å². The molecule has 2 heterocycles. The minimum absolute atomic E-state index is 0.0463. The second-order valence-corrected chi connectivity index (χ2v) is 3.53. The van der Waals surface area contributed by atoms with Crippen molar-refractivity contribution in [3.05, 3.63) is 17.7 Å². The van der Waals surface area contributed by atoms with E-state index in [4.69, 9.17) is 10.5 Å². The van der Waals surface area contributed by atoms with Gasteiger partial charge in [0.2, 0.25) is 11.7 Å². The van der Waals surface area contributed by atoms with Gasteiger partial charge >= 0.3 is 0 Å². The summed E-state index contributed by atoms with van der Waals surface area (Å²) in [5.41, 5.74) is 5.17. The highest BCUT2D eigenvalue weighted by Crippen LogP contribution is 2.33. The smallest absolute Gasteiger partial charge is 0.227 e. The molecule has 0 aliphatic carbocycles. The molecular formula is C9H10N2O2. The minimum Gasteiger partial charge on any atom is -0.463 e. The number of anilines is 1. The first kappa shape index (κ1) is 8.04. The highest BCUT2D eigenvalue weighted by atomic mass is 16.5. The van der Waals surface area contributed by atoms with E-state index in [0.717, 1.165) is 0 Å². The number of pyridine rings is 1. The molecule has 0 saturated heterocycles. The molecule has 0 radical (unpaired) electrons. The Balaban J connectivity index is 2.57. The van der Waals surface area contributed by atoms with E-state index in [2.05, 4.69) is 4.98 Å². The van der Waals surface area contributed by atoms with E-state index in [1.807, 2.05) is 0 Å². The van der Waals surface area contributed by atoms with Crippen molar-refractivity contribution < 1.29 is 9.53 Å². The molecular weight excluding hydrogens is 168 g/mol. The largest absolute Gasteiger partial charge is 0.463 e. The van der Waals surface area contributed by atoms with Gasteiger partial charge in [-0.25, -0.2) is 0 Å². The molecule has 0 spiro atoms. The summed E-state index contributed by atoms with van der Waals surface area (Å²) in [5, 5.41) is 0. The van der Waals surface area contributed by atoms with E-state index in [0.29, 0.717) is 17.3 Å². The second kappa shape index (κ2) is 2.22. The summed E-state index contributed by atoms with van der Waals surface area (Å²) in [6, 6.07) is 3.25. The van der Waals surface area contributed by atoms with Crippen LogP contribution in [0.2, 0.25) is 0 Å². The molecule has 2 N–H and O–H groups in total. The molecule has 4 nitrogen and oxygen atoms in total. The molecule has 4 heteroatoms. The van der Waals surface area contributed by atoms with Crippen LogP contribution in [0.3, 0.4) is 0 Å². The number of carbonyl (C=O) groups excluding carboxylic acids is 1. The highest BCUT2D eigenvalue weighted by Gasteiger charge is 2.40. The van der Waals surface area contributed by atoms with Crippen molar-refractivity contribution in [2.24, 2.45) is 0 Å². The molecule has 1 aliphatic heterocycles. The number of nitrogen functional groups attached to an aromatic ring is 1. The summed E-state index contributed by atoms with van der Waals surface area (Å²) >= 11 is 0. The first-order valence-electron chi connectivity index (χ1n) is 4.01. The topological polar surface area (TPSA) is 65.2 Å². The van der Waals surface area contributed by atoms with Crippen LogP contribution in [0, 0.1) is 0 Å². The summed E-state index contributed by atoms with van der Waals surface area (Å²) in [6.07, 6.45) is 0. The lowest BCUT2D eigenvalue weighted by Gasteiger charge is -2.14. The van der Waals surface area contributed by atoms with Crippen molar-refractivity contribution in [1.82, 2.24) is 4.98 Å². The molecule has 0 aromatic carbocycles. The van der Waals surface area contributed by atoms with E-state index in [1.54, 1.807) is 26.0 Å². The van der Waals surface area contributed by atoms with Gasteiger partial charge in [0.05, 0.1) is 5.56 Å². The summed E-state index contributed by atoms with van der Waals surface area (Å²) in [6.45, 7) is 3.43. The first-order chi connectivity index (χ1) is 6.00. The van der Waals surface area contributed by atoms with Gasteiger partial charge in [0.15, 0.2) is 5.60 Å². The van der Waals surface area contributed by atoms with Crippen LogP contribution in [-0.4, -0.2) is 16.4 Å². The van der Waals surface area contributed by atoms with Gasteiger partial charge in [-0.3, -0.25) is 4.79 Å². The summed E-state index contributed by atoms with van der Waals surface area (Å²) in [5.74, 6) is 0.661. The third kappa shape index (κ3) is 1.06. The Morgan fingerprint density at radius 1 is 1.46 bits per heavy atom. The molecule has 0 atom stereocenters. The van der Waals surface area contributed by atoms with Gasteiger partial charge in [-0.15, -0.1) is 0 Å². The Morgan fingerprint density at radius 2 is 2.15 bits per heavy atom. The van der Waals surface area contributed by atoms with E-state index in [9.17, 15) is 4.79 Å². The minimum atomic E-state index is -0.802. The van der Waals surface area contributed by atoms with Crippen molar-refractivity contribution >= 4 is 11.6 Å². The number of fused-ring (bicyclic) bond motifs is 1. The van der Waals surface area contributed by atoms with Crippen LogP contribution in [0.15, 0.2) is 12.1 Å². The molecule has 68 valence electrons. The van der Waals surface area contributed by atoms with Crippen LogP contribution in [0.5, 0.6) is 5.88 Å². The van der Waals surface area contributed by atoms with E-state index >= 15 is 0 Å². The van der Waals surface area contributed by atoms with Crippen LogP contribution in [0.25, 0.3) is 0 Å². The maximum absolute atomic E-state index is 11.6. The Kier molecular flexibility index (Phi) is 1.37. The van der Waals surface area contributed by atoms with Crippen molar-refractivity contribution in [1.29, 1.82) is 0 Å². The number of rotatable bonds is 0. The van der Waals surface area contributed by atoms with E-state index < -0.39 is 5.60 Å². The zero-order valence-corrected chi connectivity index (χ0v) is 7.50. The number of ether oxygens (including phenoxy) is 1. The highest BCUT2D eigenvalue weighted by molar-refractivity contribution is 6.06. The number of hydrogen-bond donors (Lipinski definition) is 1. The second-order valence-electron chi connectivity index (χ2n) is 3.53. The van der Waals surface area contributed by atoms with Gasteiger partial charge in [-0.2, -0.15) is 4.98 Å². The zero-order chi connectivity index (χ0) is 9.64. The molecule has 2 rings (SSSR count). The Hall–Kier alpha value is -1.58. The number of ketones is 1. The molecule has 1 aliphatic rings. The predicted molar refractivity (Wildman–Crippen MR) is 47.7 cm³/mol. The van der Waals surface area contributed by atoms with Crippen LogP contribution in [0.4, 0.5) is 5.82 Å². The summed E-state index contributed by atoms with van der Waals surface area (Å²) in [4.78, 5) is 15.6. The molecule has 1 aromatic rings. The molecule has 1 aromatic heterocycles. The molecule has 0 fully saturated rings. The maximum atomic E-state index is 11.6. The van der Waals surface area contributed by atoms with Gasteiger partial charge < -0.3 is 10.5 Å². The molecule has 0 saturated carbocycles.